The van der Waals surface area contributed by atoms with Crippen molar-refractivity contribution in [1.82, 2.24) is 10.2 Å². The highest BCUT2D eigenvalue weighted by Crippen LogP contribution is 2.22. The summed E-state index contributed by atoms with van der Waals surface area (Å²) < 4.78 is 5.51. The van der Waals surface area contributed by atoms with Gasteiger partial charge in [-0.25, -0.2) is 9.59 Å². The number of carboxylic acids is 1. The first-order chi connectivity index (χ1) is 10.1. The van der Waals surface area contributed by atoms with E-state index < -0.39 is 17.9 Å². The van der Waals surface area contributed by atoms with Crippen molar-refractivity contribution in [3.8, 4) is 5.75 Å². The number of carboxylic acid groups (broad SMARTS) is 1. The van der Waals surface area contributed by atoms with Gasteiger partial charge in [-0.3, -0.25) is 10.1 Å². The largest absolute Gasteiger partial charge is 0.491 e. The Morgan fingerprint density at radius 2 is 2.00 bits per heavy atom. The molecule has 0 saturated heterocycles. The highest BCUT2D eigenvalue weighted by molar-refractivity contribution is 6.02. The maximum atomic E-state index is 12.0. The number of ether oxygens (including phenoxy) is 1. The fraction of sp³-hybridized carbons (Fsp3) is 0.214. The van der Waals surface area contributed by atoms with Crippen molar-refractivity contribution < 1.29 is 24.2 Å². The minimum Gasteiger partial charge on any atom is -0.491 e. The number of aliphatic carboxylic acids is 1. The summed E-state index contributed by atoms with van der Waals surface area (Å²) >= 11 is 0. The Morgan fingerprint density at radius 3 is 2.76 bits per heavy atom. The topological polar surface area (TPSA) is 95.9 Å². The molecule has 1 aliphatic heterocycles. The number of nitrogens with one attached hydrogen (secondary N) is 1. The lowest BCUT2D eigenvalue weighted by molar-refractivity contribution is -0.131. The van der Waals surface area contributed by atoms with Gasteiger partial charge in [-0.1, -0.05) is 18.2 Å². The van der Waals surface area contributed by atoms with Crippen molar-refractivity contribution in [2.75, 3.05) is 13.2 Å². The summed E-state index contributed by atoms with van der Waals surface area (Å²) in [5.41, 5.74) is 0.846. The van der Waals surface area contributed by atoms with Crippen LogP contribution in [0.2, 0.25) is 0 Å². The quantitative estimate of drug-likeness (QED) is 0.784. The number of carbonyl (C=O) groups is 3. The Morgan fingerprint density at radius 1 is 1.24 bits per heavy atom. The number of nitrogens with zero attached hydrogens (tertiary/aromatic N) is 1. The van der Waals surface area contributed by atoms with Crippen LogP contribution in [0, 0.1) is 0 Å². The van der Waals surface area contributed by atoms with E-state index in [1.54, 1.807) is 0 Å². The van der Waals surface area contributed by atoms with Crippen molar-refractivity contribution in [1.29, 1.82) is 0 Å². The maximum Gasteiger partial charge on any atom is 0.328 e. The molecule has 0 bridgehead atoms. The molecule has 7 heteroatoms. The number of rotatable bonds is 2. The van der Waals surface area contributed by atoms with E-state index in [2.05, 4.69) is 5.32 Å². The van der Waals surface area contributed by atoms with E-state index in [0.29, 0.717) is 31.5 Å². The molecule has 0 saturated carbocycles. The zero-order valence-electron chi connectivity index (χ0n) is 11.1. The zero-order valence-corrected chi connectivity index (χ0v) is 11.1. The van der Waals surface area contributed by atoms with Crippen LogP contribution in [0.1, 0.15) is 5.56 Å². The Kier molecular flexibility index (Phi) is 4.55. The van der Waals surface area contributed by atoms with E-state index in [1.807, 2.05) is 24.3 Å². The molecule has 0 radical (unpaired) electrons. The second-order valence-corrected chi connectivity index (χ2v) is 4.34. The van der Waals surface area contributed by atoms with E-state index >= 15 is 0 Å². The Hall–Kier alpha value is -2.83. The number of para-hydroxylation sites is 1. The molecule has 3 amide bonds. The van der Waals surface area contributed by atoms with Crippen LogP contribution in [0.5, 0.6) is 5.75 Å². The standard InChI is InChI=1S/C14H14N2O5/c17-12(5-6-13(18)19)15-14(20)16-7-8-21-11-4-2-1-3-10(11)9-16/h1-6H,7-9H2,(H,18,19)(H,15,17,20). The van der Waals surface area contributed by atoms with Crippen LogP contribution in [-0.4, -0.2) is 41.1 Å². The van der Waals surface area contributed by atoms with Gasteiger partial charge in [0.2, 0.25) is 0 Å². The minimum atomic E-state index is -1.25. The van der Waals surface area contributed by atoms with Gasteiger partial charge in [0.1, 0.15) is 12.4 Å². The molecule has 0 aliphatic carbocycles. The van der Waals surface area contributed by atoms with Gasteiger partial charge >= 0.3 is 12.0 Å². The highest BCUT2D eigenvalue weighted by atomic mass is 16.5. The van der Waals surface area contributed by atoms with Gasteiger partial charge in [0, 0.05) is 17.7 Å². The number of benzene rings is 1. The molecule has 0 spiro atoms. The van der Waals surface area contributed by atoms with Crippen LogP contribution >= 0.6 is 0 Å². The first-order valence-corrected chi connectivity index (χ1v) is 6.28. The number of imide groups is 1. The molecule has 0 aromatic heterocycles. The molecule has 2 N–H and O–H groups in total. The van der Waals surface area contributed by atoms with Crippen LogP contribution in [0.4, 0.5) is 4.79 Å². The van der Waals surface area contributed by atoms with Crippen molar-refractivity contribution in [2.24, 2.45) is 0 Å². The van der Waals surface area contributed by atoms with E-state index in [4.69, 9.17) is 9.84 Å². The second-order valence-electron chi connectivity index (χ2n) is 4.34. The van der Waals surface area contributed by atoms with Crippen LogP contribution < -0.4 is 10.1 Å². The van der Waals surface area contributed by atoms with Crippen LogP contribution in [-0.2, 0) is 16.1 Å². The summed E-state index contributed by atoms with van der Waals surface area (Å²) in [6.45, 7) is 0.970. The molecule has 7 nitrogen and oxygen atoms in total. The van der Waals surface area contributed by atoms with E-state index in [0.717, 1.165) is 11.6 Å². The number of hydrogen-bond acceptors (Lipinski definition) is 4. The van der Waals surface area contributed by atoms with Gasteiger partial charge in [0.25, 0.3) is 5.91 Å². The van der Waals surface area contributed by atoms with Gasteiger partial charge in [-0.15, -0.1) is 0 Å². The molecule has 0 atom stereocenters. The first kappa shape index (κ1) is 14.6. The molecule has 0 fully saturated rings. The van der Waals surface area contributed by atoms with Gasteiger partial charge in [0.15, 0.2) is 0 Å². The monoisotopic (exact) mass is 290 g/mol. The predicted molar refractivity (Wildman–Crippen MR) is 72.7 cm³/mol. The molecular formula is C14H14N2O5. The van der Waals surface area contributed by atoms with E-state index in [-0.39, 0.29) is 0 Å². The van der Waals surface area contributed by atoms with Crippen LogP contribution in [0.15, 0.2) is 36.4 Å². The van der Waals surface area contributed by atoms with E-state index in [1.165, 1.54) is 4.90 Å². The van der Waals surface area contributed by atoms with E-state index in [9.17, 15) is 14.4 Å². The lowest BCUT2D eigenvalue weighted by Gasteiger charge is -2.19. The highest BCUT2D eigenvalue weighted by Gasteiger charge is 2.20. The smallest absolute Gasteiger partial charge is 0.328 e. The van der Waals surface area contributed by atoms with Gasteiger partial charge < -0.3 is 14.7 Å². The normalized spacial score (nSPS) is 14.0. The van der Waals surface area contributed by atoms with Crippen molar-refractivity contribution in [2.45, 2.75) is 6.54 Å². The Bertz CT molecular complexity index is 597. The van der Waals surface area contributed by atoms with Crippen molar-refractivity contribution >= 4 is 17.9 Å². The average molecular weight is 290 g/mol. The average Bonchev–Trinajstić information content (AvgIpc) is 2.67. The lowest BCUT2D eigenvalue weighted by atomic mass is 10.2. The molecule has 1 aromatic rings. The van der Waals surface area contributed by atoms with Crippen molar-refractivity contribution in [3.63, 3.8) is 0 Å². The molecule has 110 valence electrons. The summed E-state index contributed by atoms with van der Waals surface area (Å²) in [6, 6.07) is 6.75. The summed E-state index contributed by atoms with van der Waals surface area (Å²) in [6.07, 6.45) is 1.46. The molecule has 2 rings (SSSR count). The first-order valence-electron chi connectivity index (χ1n) is 6.28. The lowest BCUT2D eigenvalue weighted by Crippen LogP contribution is -2.42. The van der Waals surface area contributed by atoms with Crippen LogP contribution in [0.3, 0.4) is 0 Å². The Balaban J connectivity index is 2.00. The predicted octanol–water partition coefficient (Wildman–Crippen LogP) is 0.758. The fourth-order valence-electron chi connectivity index (χ4n) is 1.87. The van der Waals surface area contributed by atoms with Crippen LogP contribution in [0.25, 0.3) is 0 Å². The fourth-order valence-corrected chi connectivity index (χ4v) is 1.87. The maximum absolute atomic E-state index is 12.0. The SMILES string of the molecule is O=C(O)C=CC(=O)NC(=O)N1CCOc2ccccc2C1. The van der Waals surface area contributed by atoms with Gasteiger partial charge in [-0.2, -0.15) is 0 Å². The number of urea groups is 1. The summed E-state index contributed by atoms with van der Waals surface area (Å²) in [4.78, 5) is 35.1. The third kappa shape index (κ3) is 4.07. The molecule has 1 aliphatic rings. The summed E-state index contributed by atoms with van der Waals surface area (Å²) in [5.74, 6) is -1.32. The number of fused-ring (bicyclic) bond motifs is 1. The van der Waals surface area contributed by atoms with Gasteiger partial charge in [-0.05, 0) is 6.07 Å². The van der Waals surface area contributed by atoms with Gasteiger partial charge in [0.05, 0.1) is 13.1 Å². The zero-order chi connectivity index (χ0) is 15.2. The Labute approximate surface area is 120 Å². The number of carbonyl (C=O) groups excluding carboxylic acids is 2. The number of amides is 3. The molecule has 1 heterocycles. The molecular weight excluding hydrogens is 276 g/mol. The second kappa shape index (κ2) is 6.56. The third-order valence-corrected chi connectivity index (χ3v) is 2.85. The molecule has 21 heavy (non-hydrogen) atoms. The molecule has 0 unspecified atom stereocenters. The number of hydrogen-bond donors (Lipinski definition) is 2. The summed E-state index contributed by atoms with van der Waals surface area (Å²) in [5, 5.41) is 10.5. The molecule has 1 aromatic carbocycles. The third-order valence-electron chi connectivity index (χ3n) is 2.85. The minimum absolute atomic E-state index is 0.317. The van der Waals surface area contributed by atoms with Crippen molar-refractivity contribution in [3.05, 3.63) is 42.0 Å². The summed E-state index contributed by atoms with van der Waals surface area (Å²) in [7, 11) is 0.